The number of nitrogens with one attached hydrogen (secondary N) is 1. The first-order valence-electron chi connectivity index (χ1n) is 7.93. The molecular weight excluding hydrogens is 320 g/mol. The van der Waals surface area contributed by atoms with E-state index < -0.39 is 0 Å². The molecule has 7 nitrogen and oxygen atoms in total. The third-order valence-electron chi connectivity index (χ3n) is 4.49. The van der Waals surface area contributed by atoms with E-state index in [-0.39, 0.29) is 17.4 Å². The molecule has 0 unspecified atom stereocenters. The predicted octanol–water partition coefficient (Wildman–Crippen LogP) is 1.23. The lowest BCUT2D eigenvalue weighted by Gasteiger charge is -2.28. The Morgan fingerprint density at radius 1 is 1.08 bits per heavy atom. The van der Waals surface area contributed by atoms with Gasteiger partial charge in [-0.3, -0.25) is 19.3 Å². The molecule has 0 atom stereocenters. The van der Waals surface area contributed by atoms with Gasteiger partial charge in [0, 0.05) is 35.0 Å². The Morgan fingerprint density at radius 2 is 1.84 bits per heavy atom. The zero-order chi connectivity index (χ0) is 17.7. The van der Waals surface area contributed by atoms with Crippen LogP contribution in [-0.4, -0.2) is 58.8 Å². The number of nitrogens with zero attached hydrogens (tertiary/aromatic N) is 3. The van der Waals surface area contributed by atoms with E-state index in [1.807, 2.05) is 19.0 Å². The van der Waals surface area contributed by atoms with Crippen LogP contribution in [0.5, 0.6) is 0 Å². The maximum atomic E-state index is 12.9. The molecular formula is C18H16N4O3. The van der Waals surface area contributed by atoms with Gasteiger partial charge in [0.05, 0.1) is 17.2 Å². The van der Waals surface area contributed by atoms with E-state index in [0.717, 1.165) is 0 Å². The number of carbonyl (C=O) groups excluding carboxylic acids is 2. The van der Waals surface area contributed by atoms with Gasteiger partial charge < -0.3 is 9.88 Å². The van der Waals surface area contributed by atoms with Crippen LogP contribution >= 0.6 is 0 Å². The highest BCUT2D eigenvalue weighted by Crippen LogP contribution is 2.33. The maximum Gasteiger partial charge on any atom is 0.261 e. The summed E-state index contributed by atoms with van der Waals surface area (Å²) in [6.45, 7) is 0.862. The first-order chi connectivity index (χ1) is 12.0. The van der Waals surface area contributed by atoms with Crippen LogP contribution in [0, 0.1) is 0 Å². The molecule has 1 aliphatic heterocycles. The van der Waals surface area contributed by atoms with E-state index in [4.69, 9.17) is 0 Å². The van der Waals surface area contributed by atoms with E-state index in [1.54, 1.807) is 24.3 Å². The molecule has 0 aliphatic carbocycles. The van der Waals surface area contributed by atoms with Gasteiger partial charge in [-0.1, -0.05) is 12.1 Å². The summed E-state index contributed by atoms with van der Waals surface area (Å²) in [4.78, 5) is 47.9. The van der Waals surface area contributed by atoms with Crippen LogP contribution in [0.4, 0.5) is 0 Å². The Balaban J connectivity index is 2.03. The average molecular weight is 336 g/mol. The number of benzene rings is 2. The second-order valence-electron chi connectivity index (χ2n) is 6.35. The molecule has 1 aromatic heterocycles. The Morgan fingerprint density at radius 3 is 2.60 bits per heavy atom. The number of likely N-dealkylation sites (N-methyl/N-ethyl adjacent to an activating group) is 1. The Hall–Kier alpha value is -3.06. The predicted molar refractivity (Wildman–Crippen MR) is 93.8 cm³/mol. The van der Waals surface area contributed by atoms with Gasteiger partial charge in [0.1, 0.15) is 0 Å². The van der Waals surface area contributed by atoms with Gasteiger partial charge in [0.15, 0.2) is 0 Å². The van der Waals surface area contributed by atoms with Crippen molar-refractivity contribution in [3.63, 3.8) is 0 Å². The molecule has 3 aromatic rings. The second-order valence-corrected chi connectivity index (χ2v) is 6.35. The lowest BCUT2D eigenvalue weighted by molar-refractivity contribution is 0.0601. The summed E-state index contributed by atoms with van der Waals surface area (Å²) in [6, 6.07) is 6.79. The van der Waals surface area contributed by atoms with Gasteiger partial charge in [0.2, 0.25) is 0 Å². The van der Waals surface area contributed by atoms with Gasteiger partial charge in [-0.05, 0) is 26.2 Å². The van der Waals surface area contributed by atoms with Crippen molar-refractivity contribution in [2.45, 2.75) is 0 Å². The molecule has 0 radical (unpaired) electrons. The van der Waals surface area contributed by atoms with Gasteiger partial charge >= 0.3 is 0 Å². The summed E-state index contributed by atoms with van der Waals surface area (Å²) in [5.41, 5.74) is 1.02. The minimum atomic E-state index is -0.374. The van der Waals surface area contributed by atoms with Crippen LogP contribution in [0.25, 0.3) is 21.7 Å². The molecule has 25 heavy (non-hydrogen) atoms. The molecule has 1 N–H and O–H groups in total. The van der Waals surface area contributed by atoms with E-state index in [0.29, 0.717) is 45.9 Å². The third-order valence-corrected chi connectivity index (χ3v) is 4.49. The number of fused-ring (bicyclic) bond motifs is 2. The van der Waals surface area contributed by atoms with Gasteiger partial charge in [-0.2, -0.15) is 0 Å². The smallest absolute Gasteiger partial charge is 0.261 e. The van der Waals surface area contributed by atoms with Crippen LogP contribution < -0.4 is 5.56 Å². The van der Waals surface area contributed by atoms with Crippen molar-refractivity contribution < 1.29 is 9.59 Å². The van der Waals surface area contributed by atoms with Gasteiger partial charge in [-0.15, -0.1) is 0 Å². The molecule has 126 valence electrons. The molecule has 0 fully saturated rings. The number of hydrogen-bond acceptors (Lipinski definition) is 5. The van der Waals surface area contributed by atoms with Crippen molar-refractivity contribution >= 4 is 33.5 Å². The quantitative estimate of drug-likeness (QED) is 0.574. The number of aromatic nitrogens is 2. The standard InChI is InChI=1S/C18H16N4O3/c1-21(2)6-7-22-17(24)11-5-3-4-10-14(11)12(18(22)25)8-13-15(10)19-9-20-16(13)23/h3-5,8-9H,6-7H2,1-2H3,(H,19,20,23). The van der Waals surface area contributed by atoms with Crippen LogP contribution in [0.15, 0.2) is 35.4 Å². The highest BCUT2D eigenvalue weighted by molar-refractivity contribution is 6.28. The molecule has 0 saturated carbocycles. The van der Waals surface area contributed by atoms with Crippen LogP contribution in [0.3, 0.4) is 0 Å². The van der Waals surface area contributed by atoms with Crippen molar-refractivity contribution in [2.75, 3.05) is 27.2 Å². The van der Waals surface area contributed by atoms with Crippen LogP contribution in [0.1, 0.15) is 20.7 Å². The van der Waals surface area contributed by atoms with Crippen LogP contribution in [0.2, 0.25) is 0 Å². The molecule has 0 spiro atoms. The minimum Gasteiger partial charge on any atom is -0.313 e. The monoisotopic (exact) mass is 336 g/mol. The second kappa shape index (κ2) is 5.49. The van der Waals surface area contributed by atoms with E-state index in [9.17, 15) is 14.4 Å². The van der Waals surface area contributed by atoms with E-state index in [2.05, 4.69) is 9.97 Å². The summed E-state index contributed by atoms with van der Waals surface area (Å²) in [7, 11) is 3.76. The first kappa shape index (κ1) is 15.5. The summed E-state index contributed by atoms with van der Waals surface area (Å²) in [6.07, 6.45) is 1.33. The fourth-order valence-electron chi connectivity index (χ4n) is 3.25. The zero-order valence-electron chi connectivity index (χ0n) is 13.9. The summed E-state index contributed by atoms with van der Waals surface area (Å²) < 4.78 is 0. The Kier molecular flexibility index (Phi) is 3.40. The SMILES string of the molecule is CN(C)CCN1C(=O)c2cccc3c2c(cc2c(=O)[nH]cnc23)C1=O. The summed E-state index contributed by atoms with van der Waals surface area (Å²) in [5, 5.41) is 1.56. The highest BCUT2D eigenvalue weighted by Gasteiger charge is 2.33. The fourth-order valence-corrected chi connectivity index (χ4v) is 3.25. The normalized spacial score (nSPS) is 14.1. The molecule has 1 aliphatic rings. The van der Waals surface area contributed by atoms with Crippen molar-refractivity contribution in [1.82, 2.24) is 19.8 Å². The number of hydrogen-bond donors (Lipinski definition) is 1. The number of amides is 2. The van der Waals surface area contributed by atoms with Gasteiger partial charge in [-0.25, -0.2) is 4.98 Å². The minimum absolute atomic E-state index is 0.294. The molecule has 0 bridgehead atoms. The van der Waals surface area contributed by atoms with Crippen molar-refractivity contribution in [3.8, 4) is 0 Å². The fraction of sp³-hybridized carbons (Fsp3) is 0.222. The molecule has 2 aromatic carbocycles. The average Bonchev–Trinajstić information content (AvgIpc) is 2.59. The molecule has 2 heterocycles. The summed E-state index contributed by atoms with van der Waals surface area (Å²) >= 11 is 0. The zero-order valence-corrected chi connectivity index (χ0v) is 13.9. The van der Waals surface area contributed by atoms with Gasteiger partial charge in [0.25, 0.3) is 17.4 Å². The van der Waals surface area contributed by atoms with E-state index in [1.165, 1.54) is 11.2 Å². The van der Waals surface area contributed by atoms with Crippen LogP contribution in [-0.2, 0) is 0 Å². The third kappa shape index (κ3) is 2.24. The van der Waals surface area contributed by atoms with Crippen molar-refractivity contribution in [3.05, 3.63) is 52.1 Å². The van der Waals surface area contributed by atoms with Crippen molar-refractivity contribution in [1.29, 1.82) is 0 Å². The number of imide groups is 1. The molecule has 0 saturated heterocycles. The lowest BCUT2D eigenvalue weighted by atomic mass is 9.92. The maximum absolute atomic E-state index is 12.9. The molecule has 4 rings (SSSR count). The molecule has 2 amide bonds. The summed E-state index contributed by atoms with van der Waals surface area (Å²) in [5.74, 6) is -0.685. The molecule has 7 heteroatoms. The number of aromatic amines is 1. The number of carbonyl (C=O) groups is 2. The lowest BCUT2D eigenvalue weighted by Crippen LogP contribution is -2.43. The highest BCUT2D eigenvalue weighted by atomic mass is 16.2. The topological polar surface area (TPSA) is 86.4 Å². The van der Waals surface area contributed by atoms with Crippen molar-refractivity contribution in [2.24, 2.45) is 0 Å². The Bertz CT molecular complexity index is 1100. The first-order valence-corrected chi connectivity index (χ1v) is 7.93. The number of rotatable bonds is 3. The largest absolute Gasteiger partial charge is 0.313 e. The number of H-pyrrole nitrogens is 1. The van der Waals surface area contributed by atoms with E-state index >= 15 is 0 Å². The Labute approximate surface area is 142 Å².